The number of amides is 1. The van der Waals surface area contributed by atoms with Crippen LogP contribution in [0.1, 0.15) is 23.8 Å². The third-order valence-electron chi connectivity index (χ3n) is 4.45. The van der Waals surface area contributed by atoms with Crippen molar-refractivity contribution in [2.45, 2.75) is 13.3 Å². The molecule has 1 aliphatic rings. The minimum absolute atomic E-state index is 0.174. The number of benzene rings is 1. The monoisotopic (exact) mass is 355 g/mol. The zero-order valence-electron chi connectivity index (χ0n) is 15.3. The van der Waals surface area contributed by atoms with Gasteiger partial charge in [-0.15, -0.1) is 10.2 Å². The Balaban J connectivity index is 1.60. The SMILES string of the molecule is CCCNC(=O)c1ccc(N2CCN(c3ccccc3OC)CC2)nn1. The van der Waals surface area contributed by atoms with Gasteiger partial charge in [0.2, 0.25) is 0 Å². The number of hydrogen-bond acceptors (Lipinski definition) is 6. The number of aromatic nitrogens is 2. The molecule has 0 unspecified atom stereocenters. The molecule has 1 aromatic heterocycles. The van der Waals surface area contributed by atoms with Crippen LogP contribution in [-0.4, -0.2) is 55.9 Å². The van der Waals surface area contributed by atoms with E-state index < -0.39 is 0 Å². The van der Waals surface area contributed by atoms with Crippen molar-refractivity contribution in [3.63, 3.8) is 0 Å². The molecular formula is C19H25N5O2. The summed E-state index contributed by atoms with van der Waals surface area (Å²) >= 11 is 0. The Bertz CT molecular complexity index is 727. The van der Waals surface area contributed by atoms with Crippen LogP contribution in [0.15, 0.2) is 36.4 Å². The fraction of sp³-hybridized carbons (Fsp3) is 0.421. The molecule has 0 radical (unpaired) electrons. The van der Waals surface area contributed by atoms with Crippen LogP contribution in [-0.2, 0) is 0 Å². The van der Waals surface area contributed by atoms with Gasteiger partial charge in [-0.1, -0.05) is 19.1 Å². The highest BCUT2D eigenvalue weighted by atomic mass is 16.5. The third-order valence-corrected chi connectivity index (χ3v) is 4.45. The van der Waals surface area contributed by atoms with Gasteiger partial charge in [0.05, 0.1) is 12.8 Å². The van der Waals surface area contributed by atoms with Crippen LogP contribution in [0.5, 0.6) is 5.75 Å². The molecule has 3 rings (SSSR count). The molecule has 0 spiro atoms. The molecule has 26 heavy (non-hydrogen) atoms. The maximum atomic E-state index is 11.9. The fourth-order valence-electron chi connectivity index (χ4n) is 3.01. The van der Waals surface area contributed by atoms with Gasteiger partial charge in [-0.05, 0) is 30.7 Å². The van der Waals surface area contributed by atoms with Gasteiger partial charge in [-0.25, -0.2) is 0 Å². The zero-order valence-corrected chi connectivity index (χ0v) is 15.3. The largest absolute Gasteiger partial charge is 0.495 e. The molecule has 0 saturated carbocycles. The Morgan fingerprint density at radius 1 is 1.08 bits per heavy atom. The molecule has 0 bridgehead atoms. The first-order valence-electron chi connectivity index (χ1n) is 8.97. The van der Waals surface area contributed by atoms with Crippen molar-refractivity contribution in [1.82, 2.24) is 15.5 Å². The standard InChI is InChI=1S/C19H25N5O2/c1-3-10-20-19(25)15-8-9-18(22-21-15)24-13-11-23(12-14-24)16-6-4-5-7-17(16)26-2/h4-9H,3,10-14H2,1-2H3,(H,20,25). The van der Waals surface area contributed by atoms with Crippen LogP contribution in [0.25, 0.3) is 0 Å². The number of rotatable bonds is 6. The van der Waals surface area contributed by atoms with Gasteiger partial charge < -0.3 is 19.9 Å². The van der Waals surface area contributed by atoms with E-state index in [1.165, 1.54) is 0 Å². The summed E-state index contributed by atoms with van der Waals surface area (Å²) in [5, 5.41) is 11.1. The Kier molecular flexibility index (Phi) is 5.88. The molecule has 2 aromatic rings. The highest BCUT2D eigenvalue weighted by molar-refractivity contribution is 5.92. The van der Waals surface area contributed by atoms with Crippen LogP contribution in [0.3, 0.4) is 0 Å². The van der Waals surface area contributed by atoms with Gasteiger partial charge in [-0.3, -0.25) is 4.79 Å². The normalized spacial score (nSPS) is 14.2. The second-order valence-electron chi connectivity index (χ2n) is 6.18. The Morgan fingerprint density at radius 2 is 1.81 bits per heavy atom. The summed E-state index contributed by atoms with van der Waals surface area (Å²) in [6.07, 6.45) is 0.897. The first-order chi connectivity index (χ1) is 12.7. The maximum Gasteiger partial charge on any atom is 0.271 e. The van der Waals surface area contributed by atoms with E-state index in [2.05, 4.69) is 31.4 Å². The predicted octanol–water partition coefficient (Wildman–Crippen LogP) is 1.95. The Morgan fingerprint density at radius 3 is 2.46 bits per heavy atom. The molecule has 1 aliphatic heterocycles. The predicted molar refractivity (Wildman–Crippen MR) is 102 cm³/mol. The summed E-state index contributed by atoms with van der Waals surface area (Å²) in [4.78, 5) is 16.4. The summed E-state index contributed by atoms with van der Waals surface area (Å²) in [5.41, 5.74) is 1.47. The summed E-state index contributed by atoms with van der Waals surface area (Å²) in [6.45, 7) is 6.09. The minimum atomic E-state index is -0.174. The quantitative estimate of drug-likeness (QED) is 0.854. The van der Waals surface area contributed by atoms with E-state index >= 15 is 0 Å². The lowest BCUT2D eigenvalue weighted by Crippen LogP contribution is -2.47. The number of carbonyl (C=O) groups excluding carboxylic acids is 1. The van der Waals surface area contributed by atoms with Gasteiger partial charge >= 0.3 is 0 Å². The molecule has 7 heteroatoms. The van der Waals surface area contributed by atoms with Crippen LogP contribution in [0.2, 0.25) is 0 Å². The van der Waals surface area contributed by atoms with Crippen molar-refractivity contribution < 1.29 is 9.53 Å². The lowest BCUT2D eigenvalue weighted by molar-refractivity contribution is 0.0947. The molecule has 1 N–H and O–H groups in total. The van der Waals surface area contributed by atoms with Crippen molar-refractivity contribution in [2.75, 3.05) is 49.6 Å². The van der Waals surface area contributed by atoms with Crippen molar-refractivity contribution >= 4 is 17.4 Å². The highest BCUT2D eigenvalue weighted by Crippen LogP contribution is 2.28. The molecular weight excluding hydrogens is 330 g/mol. The van der Waals surface area contributed by atoms with E-state index in [1.807, 2.05) is 31.2 Å². The van der Waals surface area contributed by atoms with E-state index in [-0.39, 0.29) is 5.91 Å². The molecule has 1 saturated heterocycles. The van der Waals surface area contributed by atoms with Crippen molar-refractivity contribution in [2.24, 2.45) is 0 Å². The molecule has 1 aromatic carbocycles. The van der Waals surface area contributed by atoms with E-state index in [4.69, 9.17) is 4.74 Å². The van der Waals surface area contributed by atoms with E-state index in [1.54, 1.807) is 13.2 Å². The van der Waals surface area contributed by atoms with E-state index in [9.17, 15) is 4.79 Å². The second-order valence-corrected chi connectivity index (χ2v) is 6.18. The number of ether oxygens (including phenoxy) is 1. The number of methoxy groups -OCH3 is 1. The Labute approximate surface area is 154 Å². The molecule has 2 heterocycles. The van der Waals surface area contributed by atoms with Crippen LogP contribution in [0, 0.1) is 0 Å². The minimum Gasteiger partial charge on any atom is -0.495 e. The van der Waals surface area contributed by atoms with Gasteiger partial charge in [0.25, 0.3) is 5.91 Å². The highest BCUT2D eigenvalue weighted by Gasteiger charge is 2.21. The zero-order chi connectivity index (χ0) is 18.4. The lowest BCUT2D eigenvalue weighted by atomic mass is 10.2. The van der Waals surface area contributed by atoms with Crippen LogP contribution < -0.4 is 19.9 Å². The number of nitrogens with zero attached hydrogens (tertiary/aromatic N) is 4. The van der Waals surface area contributed by atoms with Gasteiger partial charge in [-0.2, -0.15) is 0 Å². The fourth-order valence-corrected chi connectivity index (χ4v) is 3.01. The first-order valence-corrected chi connectivity index (χ1v) is 8.97. The van der Waals surface area contributed by atoms with Gasteiger partial charge in [0, 0.05) is 32.7 Å². The summed E-state index contributed by atoms with van der Waals surface area (Å²) < 4.78 is 5.46. The van der Waals surface area contributed by atoms with Gasteiger partial charge in [0.1, 0.15) is 5.75 Å². The second kappa shape index (κ2) is 8.51. The molecule has 1 fully saturated rings. The topological polar surface area (TPSA) is 70.6 Å². The van der Waals surface area contributed by atoms with Crippen molar-refractivity contribution in [3.05, 3.63) is 42.1 Å². The Hall–Kier alpha value is -2.83. The lowest BCUT2D eigenvalue weighted by Gasteiger charge is -2.37. The van der Waals surface area contributed by atoms with Crippen LogP contribution >= 0.6 is 0 Å². The summed E-state index contributed by atoms with van der Waals surface area (Å²) in [6, 6.07) is 11.7. The number of para-hydroxylation sites is 2. The number of nitrogens with one attached hydrogen (secondary N) is 1. The number of hydrogen-bond donors (Lipinski definition) is 1. The average molecular weight is 355 g/mol. The summed E-state index contributed by atoms with van der Waals surface area (Å²) in [7, 11) is 1.70. The van der Waals surface area contributed by atoms with Crippen LogP contribution in [0.4, 0.5) is 11.5 Å². The first kappa shape index (κ1) is 18.0. The van der Waals surface area contributed by atoms with Crippen molar-refractivity contribution in [1.29, 1.82) is 0 Å². The number of anilines is 2. The number of carbonyl (C=O) groups is 1. The average Bonchev–Trinajstić information content (AvgIpc) is 2.72. The third kappa shape index (κ3) is 4.04. The van der Waals surface area contributed by atoms with E-state index in [0.717, 1.165) is 49.9 Å². The molecule has 1 amide bonds. The molecule has 0 aliphatic carbocycles. The smallest absolute Gasteiger partial charge is 0.271 e. The summed E-state index contributed by atoms with van der Waals surface area (Å²) in [5.74, 6) is 1.52. The van der Waals surface area contributed by atoms with Crippen molar-refractivity contribution in [3.8, 4) is 5.75 Å². The molecule has 7 nitrogen and oxygen atoms in total. The molecule has 138 valence electrons. The van der Waals surface area contributed by atoms with Gasteiger partial charge in [0.15, 0.2) is 11.5 Å². The molecule has 0 atom stereocenters. The maximum absolute atomic E-state index is 11.9. The van der Waals surface area contributed by atoms with E-state index in [0.29, 0.717) is 12.2 Å². The number of piperazine rings is 1.